The van der Waals surface area contributed by atoms with Crippen molar-refractivity contribution in [2.75, 3.05) is 0 Å². The third-order valence-corrected chi connectivity index (χ3v) is 2.67. The Bertz CT molecular complexity index is 698. The summed E-state index contributed by atoms with van der Waals surface area (Å²) >= 11 is 0. The first kappa shape index (κ1) is 14.3. The van der Waals surface area contributed by atoms with Gasteiger partial charge in [-0.05, 0) is 24.6 Å². The van der Waals surface area contributed by atoms with E-state index in [0.29, 0.717) is 5.56 Å². The zero-order chi connectivity index (χ0) is 15.4. The summed E-state index contributed by atoms with van der Waals surface area (Å²) in [6.45, 7) is 1.80. The smallest absolute Gasteiger partial charge is 0.311 e. The standard InChI is InChI=1S/C13H12N4O4/c1-8-2-4-10(17(19)20)11(6-8)21-12-5-3-9(7-15-12)13(14)16-18/h2-7,18H,1H3,(H2,14,16). The van der Waals surface area contributed by atoms with E-state index in [2.05, 4.69) is 10.1 Å². The second-order valence-corrected chi connectivity index (χ2v) is 4.20. The molecule has 0 atom stereocenters. The molecule has 0 spiro atoms. The fraction of sp³-hybridized carbons (Fsp3) is 0.0769. The number of ether oxygens (including phenoxy) is 1. The first-order valence-electron chi connectivity index (χ1n) is 5.88. The van der Waals surface area contributed by atoms with Crippen LogP contribution in [0, 0.1) is 17.0 Å². The first-order chi connectivity index (χ1) is 10.0. The summed E-state index contributed by atoms with van der Waals surface area (Å²) in [6, 6.07) is 7.55. The molecule has 0 amide bonds. The Balaban J connectivity index is 2.30. The maximum absolute atomic E-state index is 11.0. The molecular weight excluding hydrogens is 276 g/mol. The summed E-state index contributed by atoms with van der Waals surface area (Å²) < 4.78 is 5.42. The van der Waals surface area contributed by atoms with E-state index in [0.717, 1.165) is 5.56 Å². The Morgan fingerprint density at radius 2 is 2.19 bits per heavy atom. The van der Waals surface area contributed by atoms with Gasteiger partial charge in [0.15, 0.2) is 5.84 Å². The molecule has 8 heteroatoms. The first-order valence-corrected chi connectivity index (χ1v) is 5.88. The minimum Gasteiger partial charge on any atom is -0.432 e. The summed E-state index contributed by atoms with van der Waals surface area (Å²) in [5.41, 5.74) is 6.49. The zero-order valence-corrected chi connectivity index (χ0v) is 11.1. The third-order valence-electron chi connectivity index (χ3n) is 2.67. The van der Waals surface area contributed by atoms with Crippen molar-refractivity contribution in [3.05, 3.63) is 57.8 Å². The van der Waals surface area contributed by atoms with Crippen LogP contribution in [0.2, 0.25) is 0 Å². The minimum absolute atomic E-state index is 0.0874. The van der Waals surface area contributed by atoms with E-state index in [1.807, 2.05) is 0 Å². The van der Waals surface area contributed by atoms with Gasteiger partial charge >= 0.3 is 5.69 Å². The van der Waals surface area contributed by atoms with Gasteiger partial charge in [0.05, 0.1) is 4.92 Å². The van der Waals surface area contributed by atoms with Crippen LogP contribution in [-0.2, 0) is 0 Å². The summed E-state index contributed by atoms with van der Waals surface area (Å²) in [5.74, 6) is 0.179. The summed E-state index contributed by atoms with van der Waals surface area (Å²) in [6.07, 6.45) is 1.34. The largest absolute Gasteiger partial charge is 0.432 e. The minimum atomic E-state index is -0.528. The molecule has 0 saturated heterocycles. The van der Waals surface area contributed by atoms with Crippen LogP contribution in [0.25, 0.3) is 0 Å². The number of hydrogen-bond donors (Lipinski definition) is 2. The number of aryl methyl sites for hydroxylation is 1. The van der Waals surface area contributed by atoms with E-state index in [9.17, 15) is 10.1 Å². The highest BCUT2D eigenvalue weighted by molar-refractivity contribution is 5.96. The Hall–Kier alpha value is -3.16. The molecule has 0 bridgehead atoms. The van der Waals surface area contributed by atoms with Gasteiger partial charge in [0.1, 0.15) is 0 Å². The number of nitro benzene ring substituents is 1. The molecule has 0 aliphatic carbocycles. The van der Waals surface area contributed by atoms with Crippen LogP contribution >= 0.6 is 0 Å². The average molecular weight is 288 g/mol. The van der Waals surface area contributed by atoms with Crippen molar-refractivity contribution in [2.45, 2.75) is 6.92 Å². The zero-order valence-electron chi connectivity index (χ0n) is 11.1. The van der Waals surface area contributed by atoms with Crippen molar-refractivity contribution in [2.24, 2.45) is 10.9 Å². The Labute approximate surface area is 119 Å². The van der Waals surface area contributed by atoms with Crippen LogP contribution in [0.1, 0.15) is 11.1 Å². The molecule has 0 saturated carbocycles. The van der Waals surface area contributed by atoms with E-state index in [4.69, 9.17) is 15.7 Å². The summed E-state index contributed by atoms with van der Waals surface area (Å²) in [4.78, 5) is 14.4. The lowest BCUT2D eigenvalue weighted by Crippen LogP contribution is -2.13. The number of aromatic nitrogens is 1. The van der Waals surface area contributed by atoms with E-state index in [1.54, 1.807) is 19.1 Å². The van der Waals surface area contributed by atoms with Gasteiger partial charge in [0.2, 0.25) is 11.6 Å². The molecule has 2 aromatic rings. The summed E-state index contributed by atoms with van der Waals surface area (Å²) in [7, 11) is 0. The predicted molar refractivity (Wildman–Crippen MR) is 74.7 cm³/mol. The second kappa shape index (κ2) is 5.87. The number of nitro groups is 1. The third kappa shape index (κ3) is 3.24. The molecule has 21 heavy (non-hydrogen) atoms. The molecule has 8 nitrogen and oxygen atoms in total. The predicted octanol–water partition coefficient (Wildman–Crippen LogP) is 2.19. The molecule has 1 aromatic carbocycles. The molecule has 3 N–H and O–H groups in total. The quantitative estimate of drug-likeness (QED) is 0.292. The molecule has 0 aliphatic rings. The highest BCUT2D eigenvalue weighted by atomic mass is 16.6. The lowest BCUT2D eigenvalue weighted by atomic mass is 10.2. The number of pyridine rings is 1. The van der Waals surface area contributed by atoms with Gasteiger partial charge in [-0.15, -0.1) is 0 Å². The lowest BCUT2D eigenvalue weighted by Gasteiger charge is -2.06. The molecule has 1 heterocycles. The molecule has 1 aromatic heterocycles. The normalized spacial score (nSPS) is 11.2. The van der Waals surface area contributed by atoms with Crippen molar-refractivity contribution >= 4 is 11.5 Å². The van der Waals surface area contributed by atoms with Crippen molar-refractivity contribution in [3.8, 4) is 11.6 Å². The van der Waals surface area contributed by atoms with Crippen molar-refractivity contribution < 1.29 is 14.9 Å². The van der Waals surface area contributed by atoms with Crippen LogP contribution in [-0.4, -0.2) is 21.0 Å². The Kier molecular flexibility index (Phi) is 3.98. The van der Waals surface area contributed by atoms with Crippen molar-refractivity contribution in [3.63, 3.8) is 0 Å². The van der Waals surface area contributed by atoms with Crippen LogP contribution < -0.4 is 10.5 Å². The summed E-state index contributed by atoms with van der Waals surface area (Å²) in [5, 5.41) is 22.3. The van der Waals surface area contributed by atoms with E-state index < -0.39 is 4.92 Å². The van der Waals surface area contributed by atoms with Gasteiger partial charge in [-0.1, -0.05) is 11.2 Å². The SMILES string of the molecule is Cc1ccc([N+](=O)[O-])c(Oc2ccc(/C(N)=N/O)cn2)c1. The molecule has 0 radical (unpaired) electrons. The molecule has 0 aliphatic heterocycles. The van der Waals surface area contributed by atoms with Crippen LogP contribution in [0.5, 0.6) is 11.6 Å². The van der Waals surface area contributed by atoms with E-state index in [1.165, 1.54) is 24.4 Å². The number of nitrogens with two attached hydrogens (primary N) is 1. The molecule has 108 valence electrons. The van der Waals surface area contributed by atoms with Crippen molar-refractivity contribution in [1.82, 2.24) is 4.98 Å². The fourth-order valence-electron chi connectivity index (χ4n) is 1.62. The number of rotatable bonds is 4. The van der Waals surface area contributed by atoms with Gasteiger partial charge in [-0.25, -0.2) is 4.98 Å². The highest BCUT2D eigenvalue weighted by Crippen LogP contribution is 2.31. The fourth-order valence-corrected chi connectivity index (χ4v) is 1.62. The number of benzene rings is 1. The monoisotopic (exact) mass is 288 g/mol. The van der Waals surface area contributed by atoms with Crippen LogP contribution in [0.3, 0.4) is 0 Å². The van der Waals surface area contributed by atoms with Gasteiger partial charge < -0.3 is 15.7 Å². The van der Waals surface area contributed by atoms with Crippen LogP contribution in [0.15, 0.2) is 41.7 Å². The topological polar surface area (TPSA) is 124 Å². The van der Waals surface area contributed by atoms with E-state index >= 15 is 0 Å². The molecule has 0 fully saturated rings. The number of nitrogens with zero attached hydrogens (tertiary/aromatic N) is 3. The Morgan fingerprint density at radius 1 is 1.43 bits per heavy atom. The van der Waals surface area contributed by atoms with Crippen LogP contribution in [0.4, 0.5) is 5.69 Å². The average Bonchev–Trinajstić information content (AvgIpc) is 2.47. The second-order valence-electron chi connectivity index (χ2n) is 4.20. The molecule has 2 rings (SSSR count). The van der Waals surface area contributed by atoms with Crippen molar-refractivity contribution in [1.29, 1.82) is 0 Å². The van der Waals surface area contributed by atoms with Gasteiger partial charge in [0.25, 0.3) is 0 Å². The maximum atomic E-state index is 11.0. The highest BCUT2D eigenvalue weighted by Gasteiger charge is 2.16. The Morgan fingerprint density at radius 3 is 2.76 bits per heavy atom. The number of oxime groups is 1. The lowest BCUT2D eigenvalue weighted by molar-refractivity contribution is -0.385. The van der Waals surface area contributed by atoms with Gasteiger partial charge in [0, 0.05) is 23.9 Å². The maximum Gasteiger partial charge on any atom is 0.311 e. The van der Waals surface area contributed by atoms with Gasteiger partial charge in [-0.3, -0.25) is 10.1 Å². The molecule has 0 unspecified atom stereocenters. The van der Waals surface area contributed by atoms with Gasteiger partial charge in [-0.2, -0.15) is 0 Å². The molecular formula is C13H12N4O4. The number of amidine groups is 1. The number of hydrogen-bond acceptors (Lipinski definition) is 6. The van der Waals surface area contributed by atoms with E-state index in [-0.39, 0.29) is 23.2 Å².